The molecule has 1 aromatic heterocycles. The van der Waals surface area contributed by atoms with E-state index >= 15 is 0 Å². The smallest absolute Gasteiger partial charge is 0.142 e. The topological polar surface area (TPSA) is 20.2 Å². The highest BCUT2D eigenvalue weighted by Crippen LogP contribution is 2.30. The maximum atomic E-state index is 13.6. The lowest BCUT2D eigenvalue weighted by molar-refractivity contribution is 0.174. The summed E-state index contributed by atoms with van der Waals surface area (Å²) >= 11 is 10.2. The van der Waals surface area contributed by atoms with Crippen LogP contribution in [0, 0.1) is 11.6 Å². The number of aliphatic hydroxyl groups is 1. The molecule has 1 heterocycles. The third-order valence-electron chi connectivity index (χ3n) is 2.47. The summed E-state index contributed by atoms with van der Waals surface area (Å²) in [5.41, 5.74) is -0.0859. The van der Waals surface area contributed by atoms with E-state index in [2.05, 4.69) is 15.9 Å². The first-order valence-corrected chi connectivity index (χ1v) is 7.08. The number of hydrogen-bond donors (Lipinski definition) is 1. The zero-order valence-electron chi connectivity index (χ0n) is 8.96. The molecular formula is C12H8BrClF2OS. The molecule has 1 unspecified atom stereocenters. The average Bonchev–Trinajstić information content (AvgIpc) is 2.69. The lowest BCUT2D eigenvalue weighted by atomic mass is 10.1. The summed E-state index contributed by atoms with van der Waals surface area (Å²) in [5.74, 6) is -1.45. The monoisotopic (exact) mass is 352 g/mol. The van der Waals surface area contributed by atoms with Gasteiger partial charge in [-0.05, 0) is 39.5 Å². The predicted molar refractivity (Wildman–Crippen MR) is 72.1 cm³/mol. The molecule has 0 aliphatic rings. The SMILES string of the molecule is OC(Cc1sccc1Br)c1cc(F)c(Cl)cc1F. The zero-order chi connectivity index (χ0) is 13.3. The molecule has 2 rings (SSSR count). The molecule has 96 valence electrons. The van der Waals surface area contributed by atoms with E-state index in [0.29, 0.717) is 0 Å². The molecule has 0 saturated heterocycles. The van der Waals surface area contributed by atoms with Crippen LogP contribution in [0.3, 0.4) is 0 Å². The van der Waals surface area contributed by atoms with Crippen molar-refractivity contribution in [3.05, 3.63) is 55.1 Å². The van der Waals surface area contributed by atoms with E-state index in [1.807, 2.05) is 11.4 Å². The highest BCUT2D eigenvalue weighted by molar-refractivity contribution is 9.10. The van der Waals surface area contributed by atoms with Crippen LogP contribution < -0.4 is 0 Å². The number of halogens is 4. The Bertz CT molecular complexity index is 573. The van der Waals surface area contributed by atoms with Crippen molar-refractivity contribution < 1.29 is 13.9 Å². The molecule has 0 saturated carbocycles. The van der Waals surface area contributed by atoms with Gasteiger partial charge in [0.2, 0.25) is 0 Å². The second-order valence-electron chi connectivity index (χ2n) is 3.70. The first kappa shape index (κ1) is 13.9. The van der Waals surface area contributed by atoms with E-state index < -0.39 is 17.7 Å². The summed E-state index contributed by atoms with van der Waals surface area (Å²) in [7, 11) is 0. The molecule has 0 amide bonds. The van der Waals surface area contributed by atoms with Gasteiger partial charge in [-0.25, -0.2) is 8.78 Å². The van der Waals surface area contributed by atoms with Crippen LogP contribution in [0.15, 0.2) is 28.1 Å². The van der Waals surface area contributed by atoms with E-state index in [1.165, 1.54) is 11.3 Å². The van der Waals surface area contributed by atoms with Crippen LogP contribution in [-0.2, 0) is 6.42 Å². The minimum absolute atomic E-state index is 0.0859. The fourth-order valence-electron chi connectivity index (χ4n) is 1.55. The van der Waals surface area contributed by atoms with Crippen LogP contribution in [-0.4, -0.2) is 5.11 Å². The van der Waals surface area contributed by atoms with Crippen molar-refractivity contribution in [3.8, 4) is 0 Å². The molecule has 2 aromatic rings. The maximum absolute atomic E-state index is 13.6. The summed E-state index contributed by atoms with van der Waals surface area (Å²) in [6, 6.07) is 3.65. The Morgan fingerprint density at radius 1 is 1.33 bits per heavy atom. The van der Waals surface area contributed by atoms with Crippen LogP contribution in [0.5, 0.6) is 0 Å². The minimum atomic E-state index is -1.10. The van der Waals surface area contributed by atoms with E-state index in [4.69, 9.17) is 11.6 Å². The normalized spacial score (nSPS) is 12.7. The number of thiophene rings is 1. The van der Waals surface area contributed by atoms with Crippen molar-refractivity contribution in [2.75, 3.05) is 0 Å². The third-order valence-corrected chi connectivity index (χ3v) is 4.71. The number of aliphatic hydroxyl groups excluding tert-OH is 1. The lowest BCUT2D eigenvalue weighted by Gasteiger charge is -2.12. The molecule has 0 aliphatic heterocycles. The molecule has 0 spiro atoms. The molecule has 1 nitrogen and oxygen atoms in total. The van der Waals surface area contributed by atoms with E-state index in [-0.39, 0.29) is 17.0 Å². The van der Waals surface area contributed by atoms with Gasteiger partial charge >= 0.3 is 0 Å². The minimum Gasteiger partial charge on any atom is -0.388 e. The van der Waals surface area contributed by atoms with Gasteiger partial charge in [0.15, 0.2) is 0 Å². The van der Waals surface area contributed by atoms with Gasteiger partial charge in [-0.15, -0.1) is 11.3 Å². The summed E-state index contributed by atoms with van der Waals surface area (Å²) in [4.78, 5) is 0.872. The van der Waals surface area contributed by atoms with Crippen molar-refractivity contribution in [2.45, 2.75) is 12.5 Å². The fourth-order valence-corrected chi connectivity index (χ4v) is 3.25. The van der Waals surface area contributed by atoms with Gasteiger partial charge in [-0.3, -0.25) is 0 Å². The zero-order valence-corrected chi connectivity index (χ0v) is 12.1. The van der Waals surface area contributed by atoms with Crippen molar-refractivity contribution >= 4 is 38.9 Å². The van der Waals surface area contributed by atoms with Crippen LogP contribution in [0.4, 0.5) is 8.78 Å². The molecule has 6 heteroatoms. The standard InChI is InChI=1S/C12H8BrClF2OS/c13-7-1-2-18-12(7)5-11(17)6-3-10(16)8(14)4-9(6)15/h1-4,11,17H,5H2. The van der Waals surface area contributed by atoms with Crippen molar-refractivity contribution in [1.29, 1.82) is 0 Å². The highest BCUT2D eigenvalue weighted by atomic mass is 79.9. The quantitative estimate of drug-likeness (QED) is 0.792. The summed E-state index contributed by atoms with van der Waals surface area (Å²) in [6.45, 7) is 0. The van der Waals surface area contributed by atoms with Gasteiger partial charge in [-0.2, -0.15) is 0 Å². The number of rotatable bonds is 3. The second-order valence-corrected chi connectivity index (χ2v) is 5.96. The average molecular weight is 354 g/mol. The Morgan fingerprint density at radius 2 is 2.06 bits per heavy atom. The van der Waals surface area contributed by atoms with Crippen LogP contribution in [0.1, 0.15) is 16.5 Å². The maximum Gasteiger partial charge on any atom is 0.142 e. The third kappa shape index (κ3) is 2.91. The van der Waals surface area contributed by atoms with Gasteiger partial charge < -0.3 is 5.11 Å². The summed E-state index contributed by atoms with van der Waals surface area (Å²) < 4.78 is 27.7. The molecule has 18 heavy (non-hydrogen) atoms. The fraction of sp³-hybridized carbons (Fsp3) is 0.167. The van der Waals surface area contributed by atoms with Gasteiger partial charge in [0.1, 0.15) is 11.6 Å². The van der Waals surface area contributed by atoms with Crippen LogP contribution >= 0.6 is 38.9 Å². The predicted octanol–water partition coefficient (Wildman–Crippen LogP) is 4.72. The van der Waals surface area contributed by atoms with E-state index in [0.717, 1.165) is 21.5 Å². The van der Waals surface area contributed by atoms with Gasteiger partial charge in [0.25, 0.3) is 0 Å². The van der Waals surface area contributed by atoms with Gasteiger partial charge in [0, 0.05) is 21.3 Å². The molecule has 1 aromatic carbocycles. The molecule has 0 aliphatic carbocycles. The first-order valence-electron chi connectivity index (χ1n) is 5.03. The molecule has 0 bridgehead atoms. The molecule has 0 fully saturated rings. The lowest BCUT2D eigenvalue weighted by Crippen LogP contribution is -2.04. The Hall–Kier alpha value is -0.490. The van der Waals surface area contributed by atoms with E-state index in [1.54, 1.807) is 0 Å². The largest absolute Gasteiger partial charge is 0.388 e. The Labute approximate surface area is 120 Å². The van der Waals surface area contributed by atoms with Crippen molar-refractivity contribution in [3.63, 3.8) is 0 Å². The van der Waals surface area contributed by atoms with Crippen molar-refractivity contribution in [1.82, 2.24) is 0 Å². The summed E-state index contributed by atoms with van der Waals surface area (Å²) in [5, 5.41) is 11.5. The number of hydrogen-bond acceptors (Lipinski definition) is 2. The number of benzene rings is 1. The van der Waals surface area contributed by atoms with E-state index in [9.17, 15) is 13.9 Å². The Morgan fingerprint density at radius 3 is 2.67 bits per heavy atom. The van der Waals surface area contributed by atoms with Crippen LogP contribution in [0.2, 0.25) is 5.02 Å². The van der Waals surface area contributed by atoms with Gasteiger partial charge in [-0.1, -0.05) is 11.6 Å². The second kappa shape index (κ2) is 5.65. The summed E-state index contributed by atoms with van der Waals surface area (Å²) in [6.07, 6.45) is -0.886. The molecule has 0 radical (unpaired) electrons. The Balaban J connectivity index is 2.26. The first-order chi connectivity index (χ1) is 8.49. The Kier molecular flexibility index (Phi) is 4.37. The molecule has 1 N–H and O–H groups in total. The highest BCUT2D eigenvalue weighted by Gasteiger charge is 2.18. The van der Waals surface area contributed by atoms with Gasteiger partial charge in [0.05, 0.1) is 11.1 Å². The van der Waals surface area contributed by atoms with Crippen LogP contribution in [0.25, 0.3) is 0 Å². The molecule has 1 atom stereocenters. The van der Waals surface area contributed by atoms with Crippen molar-refractivity contribution in [2.24, 2.45) is 0 Å². The molecular weight excluding hydrogens is 346 g/mol.